The molecule has 4 rings (SSSR count). The van der Waals surface area contributed by atoms with Gasteiger partial charge < -0.3 is 15.5 Å². The van der Waals surface area contributed by atoms with Crippen LogP contribution >= 0.6 is 0 Å². The van der Waals surface area contributed by atoms with Crippen molar-refractivity contribution < 1.29 is 14.4 Å². The number of anilines is 1. The lowest BCUT2D eigenvalue weighted by atomic mass is 10.0. The van der Waals surface area contributed by atoms with Gasteiger partial charge in [-0.3, -0.25) is 9.59 Å². The van der Waals surface area contributed by atoms with Gasteiger partial charge in [0.25, 0.3) is 5.91 Å². The Hall–Kier alpha value is -3.15. The van der Waals surface area contributed by atoms with Crippen LogP contribution in [0.15, 0.2) is 53.7 Å². The molecule has 6 heteroatoms. The van der Waals surface area contributed by atoms with Gasteiger partial charge in [-0.15, -0.1) is 0 Å². The zero-order valence-electron chi connectivity index (χ0n) is 14.4. The van der Waals surface area contributed by atoms with Crippen molar-refractivity contribution in [2.45, 2.75) is 31.9 Å². The van der Waals surface area contributed by atoms with E-state index >= 15 is 0 Å². The third-order valence-corrected chi connectivity index (χ3v) is 4.70. The largest absolute Gasteiger partial charge is 0.387 e. The molecule has 0 radical (unpaired) electrons. The molecule has 0 spiro atoms. The molecule has 2 heterocycles. The molecule has 2 amide bonds. The number of carbonyl (C=O) groups excluding carboxylic acids is 2. The lowest BCUT2D eigenvalue weighted by Gasteiger charge is -2.15. The topological polar surface area (TPSA) is 79.8 Å². The summed E-state index contributed by atoms with van der Waals surface area (Å²) in [5.74, 6) is -0.233. The van der Waals surface area contributed by atoms with Crippen molar-refractivity contribution >= 4 is 23.2 Å². The molecule has 2 aromatic carbocycles. The van der Waals surface area contributed by atoms with Gasteiger partial charge in [0.1, 0.15) is 5.71 Å². The second kappa shape index (κ2) is 6.63. The molecule has 0 aromatic heterocycles. The minimum Gasteiger partial charge on any atom is -0.387 e. The van der Waals surface area contributed by atoms with Crippen molar-refractivity contribution in [2.24, 2.45) is 5.16 Å². The highest BCUT2D eigenvalue weighted by atomic mass is 16.6. The molecule has 2 aliphatic heterocycles. The van der Waals surface area contributed by atoms with Crippen LogP contribution < -0.4 is 10.6 Å². The van der Waals surface area contributed by atoms with E-state index in [1.165, 1.54) is 0 Å². The van der Waals surface area contributed by atoms with Crippen molar-refractivity contribution in [1.29, 1.82) is 0 Å². The van der Waals surface area contributed by atoms with Crippen LogP contribution in [0.25, 0.3) is 0 Å². The maximum Gasteiger partial charge on any atom is 0.269 e. The highest BCUT2D eigenvalue weighted by Crippen LogP contribution is 2.28. The van der Waals surface area contributed by atoms with Gasteiger partial charge in [-0.25, -0.2) is 0 Å². The Balaban J connectivity index is 1.39. The SMILES string of the molecule is C[C@H](NC(=O)C1=NO[C@H](c2ccccc2)C1)c1ccc2c(c1)CC(=O)N2. The number of amides is 2. The number of carbonyl (C=O) groups is 2. The minimum absolute atomic E-state index is 0.00162. The summed E-state index contributed by atoms with van der Waals surface area (Å²) in [6, 6.07) is 15.3. The normalized spacial score (nSPS) is 19.2. The number of hydrogen-bond donors (Lipinski definition) is 2. The lowest BCUT2D eigenvalue weighted by molar-refractivity contribution is -0.116. The third kappa shape index (κ3) is 3.18. The van der Waals surface area contributed by atoms with Crippen LogP contribution in [0.1, 0.15) is 42.2 Å². The molecule has 0 unspecified atom stereocenters. The molecule has 6 nitrogen and oxygen atoms in total. The average molecular weight is 349 g/mol. The predicted octanol–water partition coefficient (Wildman–Crippen LogP) is 2.88. The molecular weight excluding hydrogens is 330 g/mol. The third-order valence-electron chi connectivity index (χ3n) is 4.70. The number of oxime groups is 1. The van der Waals surface area contributed by atoms with Gasteiger partial charge >= 0.3 is 0 Å². The van der Waals surface area contributed by atoms with Crippen molar-refractivity contribution in [3.05, 3.63) is 65.2 Å². The quantitative estimate of drug-likeness (QED) is 0.891. The monoisotopic (exact) mass is 349 g/mol. The van der Waals surface area contributed by atoms with E-state index in [9.17, 15) is 9.59 Å². The molecule has 2 N–H and O–H groups in total. The average Bonchev–Trinajstić information content (AvgIpc) is 3.27. The molecule has 0 aliphatic carbocycles. The van der Waals surface area contributed by atoms with E-state index in [1.54, 1.807) is 0 Å². The van der Waals surface area contributed by atoms with E-state index in [0.717, 1.165) is 22.4 Å². The molecule has 0 saturated carbocycles. The summed E-state index contributed by atoms with van der Waals surface area (Å²) in [7, 11) is 0. The minimum atomic E-state index is -0.231. The van der Waals surface area contributed by atoms with Crippen LogP contribution in [-0.2, 0) is 20.8 Å². The van der Waals surface area contributed by atoms with Crippen LogP contribution in [0.4, 0.5) is 5.69 Å². The second-order valence-electron chi connectivity index (χ2n) is 6.58. The van der Waals surface area contributed by atoms with E-state index in [-0.39, 0.29) is 24.0 Å². The first kappa shape index (κ1) is 16.3. The predicted molar refractivity (Wildman–Crippen MR) is 97.7 cm³/mol. The van der Waals surface area contributed by atoms with E-state index in [4.69, 9.17) is 4.84 Å². The van der Waals surface area contributed by atoms with Crippen LogP contribution in [-0.4, -0.2) is 17.5 Å². The maximum absolute atomic E-state index is 12.5. The van der Waals surface area contributed by atoms with Gasteiger partial charge in [0.15, 0.2) is 6.10 Å². The Labute approximate surface area is 151 Å². The summed E-state index contributed by atoms with van der Waals surface area (Å²) in [5, 5.41) is 9.72. The van der Waals surface area contributed by atoms with Crippen LogP contribution in [0.2, 0.25) is 0 Å². The Morgan fingerprint density at radius 2 is 2.08 bits per heavy atom. The zero-order valence-corrected chi connectivity index (χ0v) is 14.4. The summed E-state index contributed by atoms with van der Waals surface area (Å²) in [6.07, 6.45) is 0.609. The first-order chi connectivity index (χ1) is 12.6. The van der Waals surface area contributed by atoms with E-state index in [2.05, 4.69) is 15.8 Å². The van der Waals surface area contributed by atoms with Crippen LogP contribution in [0.3, 0.4) is 0 Å². The maximum atomic E-state index is 12.5. The fourth-order valence-electron chi connectivity index (χ4n) is 3.24. The van der Waals surface area contributed by atoms with Crippen molar-refractivity contribution in [1.82, 2.24) is 5.32 Å². The van der Waals surface area contributed by atoms with Gasteiger partial charge in [0, 0.05) is 12.1 Å². The van der Waals surface area contributed by atoms with E-state index in [1.807, 2.05) is 55.5 Å². The summed E-state index contributed by atoms with van der Waals surface area (Å²) in [6.45, 7) is 1.91. The van der Waals surface area contributed by atoms with Gasteiger partial charge in [0.05, 0.1) is 12.5 Å². The highest BCUT2D eigenvalue weighted by molar-refractivity contribution is 6.39. The fourth-order valence-corrected chi connectivity index (χ4v) is 3.24. The standard InChI is InChI=1S/C20H19N3O3/c1-12(14-7-8-16-15(9-14)10-19(24)22-16)21-20(25)17-11-18(26-23-17)13-5-3-2-4-6-13/h2-9,12,18H,10-11H2,1H3,(H,21,25)(H,22,24)/t12-,18-/m0/s1. The molecule has 2 aromatic rings. The number of nitrogens with zero attached hydrogens (tertiary/aromatic N) is 1. The summed E-state index contributed by atoms with van der Waals surface area (Å²) < 4.78 is 0. The molecule has 26 heavy (non-hydrogen) atoms. The van der Waals surface area contributed by atoms with Gasteiger partial charge in [-0.1, -0.05) is 47.6 Å². The number of benzene rings is 2. The van der Waals surface area contributed by atoms with E-state index in [0.29, 0.717) is 18.6 Å². The second-order valence-corrected chi connectivity index (χ2v) is 6.58. The van der Waals surface area contributed by atoms with Crippen LogP contribution in [0.5, 0.6) is 0 Å². The summed E-state index contributed by atoms with van der Waals surface area (Å²) >= 11 is 0. The first-order valence-corrected chi connectivity index (χ1v) is 8.61. The Morgan fingerprint density at radius 3 is 2.88 bits per heavy atom. The molecule has 0 fully saturated rings. The fraction of sp³-hybridized carbons (Fsp3) is 0.250. The Bertz CT molecular complexity index is 892. The summed E-state index contributed by atoms with van der Waals surface area (Å²) in [4.78, 5) is 29.4. The lowest BCUT2D eigenvalue weighted by Crippen LogP contribution is -2.32. The molecular formula is C20H19N3O3. The molecule has 2 aliphatic rings. The molecule has 0 saturated heterocycles. The molecule has 132 valence electrons. The smallest absolute Gasteiger partial charge is 0.269 e. The zero-order chi connectivity index (χ0) is 18.1. The van der Waals surface area contributed by atoms with Crippen molar-refractivity contribution in [3.8, 4) is 0 Å². The van der Waals surface area contributed by atoms with Gasteiger partial charge in [-0.2, -0.15) is 0 Å². The van der Waals surface area contributed by atoms with Gasteiger partial charge in [0.2, 0.25) is 5.91 Å². The Kier molecular flexibility index (Phi) is 4.16. The highest BCUT2D eigenvalue weighted by Gasteiger charge is 2.28. The molecule has 2 atom stereocenters. The summed E-state index contributed by atoms with van der Waals surface area (Å²) in [5.41, 5.74) is 4.15. The molecule has 0 bridgehead atoms. The number of nitrogens with one attached hydrogen (secondary N) is 2. The van der Waals surface area contributed by atoms with Crippen molar-refractivity contribution in [2.75, 3.05) is 5.32 Å². The van der Waals surface area contributed by atoms with Gasteiger partial charge in [-0.05, 0) is 29.7 Å². The Morgan fingerprint density at radius 1 is 1.27 bits per heavy atom. The van der Waals surface area contributed by atoms with Crippen molar-refractivity contribution in [3.63, 3.8) is 0 Å². The number of hydrogen-bond acceptors (Lipinski definition) is 4. The first-order valence-electron chi connectivity index (χ1n) is 8.61. The number of fused-ring (bicyclic) bond motifs is 1. The number of rotatable bonds is 4. The van der Waals surface area contributed by atoms with Crippen LogP contribution in [0, 0.1) is 0 Å². The van der Waals surface area contributed by atoms with E-state index < -0.39 is 0 Å².